The van der Waals surface area contributed by atoms with Gasteiger partial charge in [-0.1, -0.05) is 17.7 Å². The molecule has 1 saturated carbocycles. The molecule has 4 aliphatic heterocycles. The summed E-state index contributed by atoms with van der Waals surface area (Å²) >= 11 is 0. The number of hydrogen-bond acceptors (Lipinski definition) is 5. The maximum atomic E-state index is 13.0. The number of ether oxygens (including phenoxy) is 1. The van der Waals surface area contributed by atoms with Gasteiger partial charge in [-0.25, -0.2) is 0 Å². The molecule has 0 aromatic heterocycles. The van der Waals surface area contributed by atoms with Crippen molar-refractivity contribution in [3.8, 4) is 11.5 Å². The van der Waals surface area contributed by atoms with Crippen LogP contribution in [0.4, 0.5) is 5.69 Å². The van der Waals surface area contributed by atoms with E-state index in [0.717, 1.165) is 37.2 Å². The molecule has 4 atom stereocenters. The van der Waals surface area contributed by atoms with E-state index < -0.39 is 0 Å². The number of anilines is 1. The molecular formula is C22H24N2O4. The highest BCUT2D eigenvalue weighted by atomic mass is 16.5. The van der Waals surface area contributed by atoms with Crippen LogP contribution in [0.1, 0.15) is 30.7 Å². The van der Waals surface area contributed by atoms with Crippen molar-refractivity contribution >= 4 is 11.6 Å². The minimum Gasteiger partial charge on any atom is -0.504 e. The number of phenols is 1. The Hall–Kier alpha value is -2.31. The number of carbonyl (C=O) groups is 1. The molecule has 1 aliphatic carbocycles. The SMILES string of the molecule is COc1cc2c(cc1O)[C@@H]1[C@H]3C(=CCC(=O)N23)[C@H]2C[C@@]13CCN3CC2=CCO. The van der Waals surface area contributed by atoms with Gasteiger partial charge in [-0.2, -0.15) is 0 Å². The van der Waals surface area contributed by atoms with Crippen LogP contribution in [0.25, 0.3) is 0 Å². The Kier molecular flexibility index (Phi) is 3.20. The first kappa shape index (κ1) is 16.6. The lowest BCUT2D eigenvalue weighted by molar-refractivity contribution is -0.120. The van der Waals surface area contributed by atoms with Crippen molar-refractivity contribution in [1.29, 1.82) is 0 Å². The number of rotatable bonds is 2. The zero-order valence-electron chi connectivity index (χ0n) is 15.9. The Morgan fingerprint density at radius 2 is 2.25 bits per heavy atom. The summed E-state index contributed by atoms with van der Waals surface area (Å²) in [5.74, 6) is 1.13. The first-order valence-electron chi connectivity index (χ1n) is 10.1. The predicted molar refractivity (Wildman–Crippen MR) is 104 cm³/mol. The topological polar surface area (TPSA) is 73.2 Å². The van der Waals surface area contributed by atoms with Gasteiger partial charge in [0.05, 0.1) is 25.4 Å². The van der Waals surface area contributed by atoms with Crippen LogP contribution < -0.4 is 9.64 Å². The van der Waals surface area contributed by atoms with Crippen molar-refractivity contribution in [2.24, 2.45) is 5.92 Å². The van der Waals surface area contributed by atoms with E-state index in [1.54, 1.807) is 0 Å². The summed E-state index contributed by atoms with van der Waals surface area (Å²) in [6.07, 6.45) is 6.64. The summed E-state index contributed by atoms with van der Waals surface area (Å²) in [6.45, 7) is 1.99. The number of amides is 1. The van der Waals surface area contributed by atoms with Crippen molar-refractivity contribution in [2.45, 2.75) is 36.8 Å². The molecule has 1 spiro atoms. The monoisotopic (exact) mass is 380 g/mol. The molecule has 6 rings (SSSR count). The smallest absolute Gasteiger partial charge is 0.231 e. The van der Waals surface area contributed by atoms with Gasteiger partial charge in [0.15, 0.2) is 11.5 Å². The summed E-state index contributed by atoms with van der Waals surface area (Å²) < 4.78 is 5.34. The largest absolute Gasteiger partial charge is 0.504 e. The fourth-order valence-electron chi connectivity index (χ4n) is 6.63. The predicted octanol–water partition coefficient (Wildman–Crippen LogP) is 1.93. The molecule has 2 N–H and O–H groups in total. The van der Waals surface area contributed by atoms with Gasteiger partial charge in [-0.05, 0) is 30.0 Å². The van der Waals surface area contributed by atoms with E-state index in [0.29, 0.717) is 18.1 Å². The maximum absolute atomic E-state index is 13.0. The van der Waals surface area contributed by atoms with E-state index in [-0.39, 0.29) is 35.8 Å². The molecule has 2 bridgehead atoms. The Balaban J connectivity index is 1.59. The second-order valence-electron chi connectivity index (χ2n) is 8.67. The minimum atomic E-state index is 0.00620. The zero-order chi connectivity index (χ0) is 19.2. The number of piperidine rings is 1. The number of benzene rings is 1. The van der Waals surface area contributed by atoms with E-state index in [9.17, 15) is 15.0 Å². The molecule has 0 unspecified atom stereocenters. The molecule has 1 aromatic rings. The van der Waals surface area contributed by atoms with Crippen LogP contribution in [0.3, 0.4) is 0 Å². The summed E-state index contributed by atoms with van der Waals surface area (Å²) in [4.78, 5) is 17.5. The fourth-order valence-corrected chi connectivity index (χ4v) is 6.63. The molecule has 3 fully saturated rings. The van der Waals surface area contributed by atoms with E-state index in [2.05, 4.69) is 11.0 Å². The molecule has 6 nitrogen and oxygen atoms in total. The molecule has 0 radical (unpaired) electrons. The van der Waals surface area contributed by atoms with Gasteiger partial charge < -0.3 is 19.8 Å². The standard InChI is InChI=1S/C22H24N2O4/c1-28-18-9-16-14(8-17(18)26)20-21-13(2-3-19(27)24(16)21)15-10-22(20)5-6-23(22)11-12(15)4-7-25/h2,4,8-9,15,20-21,25-26H,3,5-7,10-11H2,1H3/t15-,20+,21+,22-/m0/s1. The van der Waals surface area contributed by atoms with Gasteiger partial charge in [0.25, 0.3) is 0 Å². The Morgan fingerprint density at radius 3 is 2.96 bits per heavy atom. The Bertz CT molecular complexity index is 968. The number of aliphatic hydroxyl groups excluding tert-OH is 1. The third-order valence-corrected chi connectivity index (χ3v) is 7.80. The van der Waals surface area contributed by atoms with Crippen molar-refractivity contribution in [3.05, 3.63) is 41.0 Å². The van der Waals surface area contributed by atoms with Crippen LogP contribution >= 0.6 is 0 Å². The van der Waals surface area contributed by atoms with E-state index in [1.807, 2.05) is 23.1 Å². The summed E-state index contributed by atoms with van der Waals surface area (Å²) in [5, 5.41) is 20.0. The Labute approximate surface area is 163 Å². The number of aromatic hydroxyl groups is 1. The lowest BCUT2D eigenvalue weighted by Crippen LogP contribution is -2.72. The molecule has 6 heteroatoms. The number of hydrogen-bond donors (Lipinski definition) is 2. The number of fused-ring (bicyclic) bond motifs is 5. The van der Waals surface area contributed by atoms with Crippen LogP contribution in [0.15, 0.2) is 35.4 Å². The lowest BCUT2D eigenvalue weighted by atomic mass is 9.53. The van der Waals surface area contributed by atoms with Crippen LogP contribution in [0, 0.1) is 5.92 Å². The highest BCUT2D eigenvalue weighted by molar-refractivity contribution is 6.00. The zero-order valence-corrected chi connectivity index (χ0v) is 15.9. The molecule has 5 aliphatic rings. The first-order chi connectivity index (χ1) is 13.6. The number of phenolic OH excluding ortho intramolecular Hbond substituents is 1. The van der Waals surface area contributed by atoms with Gasteiger partial charge in [0, 0.05) is 43.0 Å². The van der Waals surface area contributed by atoms with Gasteiger partial charge >= 0.3 is 0 Å². The second kappa shape index (κ2) is 5.39. The highest BCUT2D eigenvalue weighted by Gasteiger charge is 2.66. The van der Waals surface area contributed by atoms with Crippen molar-refractivity contribution in [1.82, 2.24) is 4.90 Å². The average Bonchev–Trinajstić information content (AvgIpc) is 3.01. The molecule has 1 amide bonds. The second-order valence-corrected chi connectivity index (χ2v) is 8.67. The van der Waals surface area contributed by atoms with Crippen molar-refractivity contribution < 1.29 is 19.7 Å². The average molecular weight is 380 g/mol. The summed E-state index contributed by atoms with van der Waals surface area (Å²) in [6, 6.07) is 3.66. The number of methoxy groups -OCH3 is 1. The van der Waals surface area contributed by atoms with Gasteiger partial charge in [-0.15, -0.1) is 0 Å². The molecular weight excluding hydrogens is 356 g/mol. The molecule has 1 aromatic carbocycles. The molecule has 4 heterocycles. The molecule has 2 saturated heterocycles. The van der Waals surface area contributed by atoms with Crippen LogP contribution in [0.5, 0.6) is 11.5 Å². The van der Waals surface area contributed by atoms with Crippen LogP contribution in [-0.4, -0.2) is 59.4 Å². The fraction of sp³-hybridized carbons (Fsp3) is 0.500. The van der Waals surface area contributed by atoms with E-state index in [1.165, 1.54) is 18.3 Å². The highest BCUT2D eigenvalue weighted by Crippen LogP contribution is 2.65. The van der Waals surface area contributed by atoms with Crippen molar-refractivity contribution in [3.63, 3.8) is 0 Å². The number of nitrogens with zero attached hydrogens (tertiary/aromatic N) is 2. The van der Waals surface area contributed by atoms with Crippen LogP contribution in [0.2, 0.25) is 0 Å². The van der Waals surface area contributed by atoms with Gasteiger partial charge in [-0.3, -0.25) is 9.69 Å². The van der Waals surface area contributed by atoms with Gasteiger partial charge in [0.1, 0.15) is 0 Å². The maximum Gasteiger partial charge on any atom is 0.231 e. The quantitative estimate of drug-likeness (QED) is 0.767. The minimum absolute atomic E-state index is 0.00620. The van der Waals surface area contributed by atoms with Crippen LogP contribution in [-0.2, 0) is 4.79 Å². The summed E-state index contributed by atoms with van der Waals surface area (Å²) in [5.41, 5.74) is 4.59. The normalized spacial score (nSPS) is 36.4. The number of carbonyl (C=O) groups excluding carboxylic acids is 1. The summed E-state index contributed by atoms with van der Waals surface area (Å²) in [7, 11) is 1.54. The van der Waals surface area contributed by atoms with E-state index >= 15 is 0 Å². The first-order valence-corrected chi connectivity index (χ1v) is 10.1. The van der Waals surface area contributed by atoms with Crippen molar-refractivity contribution in [2.75, 3.05) is 31.7 Å². The van der Waals surface area contributed by atoms with E-state index in [4.69, 9.17) is 4.74 Å². The molecule has 146 valence electrons. The van der Waals surface area contributed by atoms with Gasteiger partial charge in [0.2, 0.25) is 5.91 Å². The lowest BCUT2D eigenvalue weighted by Gasteiger charge is -2.66. The number of aliphatic hydroxyl groups is 1. The third kappa shape index (κ3) is 1.78. The Morgan fingerprint density at radius 1 is 1.39 bits per heavy atom. The molecule has 28 heavy (non-hydrogen) atoms. The third-order valence-electron chi connectivity index (χ3n) is 7.80.